The van der Waals surface area contributed by atoms with Gasteiger partial charge in [-0.1, -0.05) is 0 Å². The largest absolute Gasteiger partial charge is 0.356 e. The molecule has 0 aromatic carbocycles. The molecule has 0 radical (unpaired) electrons. The first-order valence-electron chi connectivity index (χ1n) is 7.76. The van der Waals surface area contributed by atoms with Crippen LogP contribution in [0, 0.1) is 5.92 Å². The SMILES string of the molecule is O=C(CCCn1cccn1)NCC1CC(=O)N(C2CC2)C1. The van der Waals surface area contributed by atoms with Gasteiger partial charge in [0.2, 0.25) is 11.8 Å². The number of hydrogen-bond donors (Lipinski definition) is 1. The predicted molar refractivity (Wildman–Crippen MR) is 77.3 cm³/mol. The minimum absolute atomic E-state index is 0.0690. The maximum absolute atomic E-state index is 11.8. The highest BCUT2D eigenvalue weighted by molar-refractivity contribution is 5.80. The molecule has 2 heterocycles. The van der Waals surface area contributed by atoms with E-state index in [2.05, 4.69) is 10.4 Å². The fraction of sp³-hybridized carbons (Fsp3) is 0.667. The number of nitrogens with zero attached hydrogens (tertiary/aromatic N) is 3. The van der Waals surface area contributed by atoms with E-state index in [0.717, 1.165) is 32.4 Å². The zero-order valence-electron chi connectivity index (χ0n) is 12.2. The Bertz CT molecular complexity index is 496. The number of aromatic nitrogens is 2. The third-order valence-electron chi connectivity index (χ3n) is 4.16. The van der Waals surface area contributed by atoms with Gasteiger partial charge in [-0.2, -0.15) is 5.10 Å². The van der Waals surface area contributed by atoms with Crippen LogP contribution in [0.5, 0.6) is 0 Å². The lowest BCUT2D eigenvalue weighted by Crippen LogP contribution is -2.32. The number of rotatable bonds is 7. The van der Waals surface area contributed by atoms with Crippen LogP contribution in [0.25, 0.3) is 0 Å². The molecule has 1 aliphatic heterocycles. The van der Waals surface area contributed by atoms with Crippen molar-refractivity contribution in [2.24, 2.45) is 5.92 Å². The van der Waals surface area contributed by atoms with Gasteiger partial charge in [-0.05, 0) is 25.3 Å². The van der Waals surface area contributed by atoms with E-state index in [1.165, 1.54) is 0 Å². The number of amides is 2. The molecule has 2 fully saturated rings. The second-order valence-corrected chi connectivity index (χ2v) is 6.02. The highest BCUT2D eigenvalue weighted by Gasteiger charge is 2.39. The van der Waals surface area contributed by atoms with Crippen molar-refractivity contribution >= 4 is 11.8 Å². The van der Waals surface area contributed by atoms with Crippen molar-refractivity contribution in [3.05, 3.63) is 18.5 Å². The van der Waals surface area contributed by atoms with E-state index in [1.54, 1.807) is 6.20 Å². The van der Waals surface area contributed by atoms with Crippen molar-refractivity contribution in [1.29, 1.82) is 0 Å². The van der Waals surface area contributed by atoms with E-state index in [4.69, 9.17) is 0 Å². The summed E-state index contributed by atoms with van der Waals surface area (Å²) >= 11 is 0. The van der Waals surface area contributed by atoms with Gasteiger partial charge in [0.1, 0.15) is 0 Å². The van der Waals surface area contributed by atoms with Crippen LogP contribution < -0.4 is 5.32 Å². The zero-order chi connectivity index (χ0) is 14.7. The molecule has 6 nitrogen and oxygen atoms in total. The van der Waals surface area contributed by atoms with E-state index < -0.39 is 0 Å². The van der Waals surface area contributed by atoms with Crippen molar-refractivity contribution in [2.45, 2.75) is 44.7 Å². The Morgan fingerprint density at radius 2 is 2.29 bits per heavy atom. The van der Waals surface area contributed by atoms with Crippen LogP contribution in [0.4, 0.5) is 0 Å². The van der Waals surface area contributed by atoms with Gasteiger partial charge in [-0.3, -0.25) is 14.3 Å². The Labute approximate surface area is 124 Å². The van der Waals surface area contributed by atoms with Gasteiger partial charge in [0, 0.05) is 56.8 Å². The van der Waals surface area contributed by atoms with Crippen molar-refractivity contribution in [2.75, 3.05) is 13.1 Å². The minimum atomic E-state index is 0.0690. The molecule has 3 rings (SSSR count). The molecule has 114 valence electrons. The lowest BCUT2D eigenvalue weighted by molar-refractivity contribution is -0.128. The van der Waals surface area contributed by atoms with Crippen LogP contribution in [0.3, 0.4) is 0 Å². The molecule has 2 amide bonds. The van der Waals surface area contributed by atoms with Gasteiger partial charge < -0.3 is 10.2 Å². The number of carbonyl (C=O) groups excluding carboxylic acids is 2. The summed E-state index contributed by atoms with van der Waals surface area (Å²) in [6, 6.07) is 2.37. The summed E-state index contributed by atoms with van der Waals surface area (Å²) in [5.41, 5.74) is 0. The molecule has 1 unspecified atom stereocenters. The average molecular weight is 290 g/mol. The molecule has 2 aliphatic rings. The summed E-state index contributed by atoms with van der Waals surface area (Å²) in [5, 5.41) is 7.06. The summed E-state index contributed by atoms with van der Waals surface area (Å²) in [5.74, 6) is 0.614. The molecule has 6 heteroatoms. The monoisotopic (exact) mass is 290 g/mol. The highest BCUT2D eigenvalue weighted by Crippen LogP contribution is 2.32. The van der Waals surface area contributed by atoms with Crippen molar-refractivity contribution in [3.8, 4) is 0 Å². The summed E-state index contributed by atoms with van der Waals surface area (Å²) in [6.45, 7) is 2.20. The molecular formula is C15H22N4O2. The second-order valence-electron chi connectivity index (χ2n) is 6.02. The van der Waals surface area contributed by atoms with E-state index in [1.807, 2.05) is 21.8 Å². The van der Waals surface area contributed by atoms with Crippen LogP contribution in [0.15, 0.2) is 18.5 Å². The van der Waals surface area contributed by atoms with Crippen LogP contribution in [0.1, 0.15) is 32.1 Å². The first-order valence-corrected chi connectivity index (χ1v) is 7.76. The third kappa shape index (κ3) is 3.83. The van der Waals surface area contributed by atoms with Crippen LogP contribution in [-0.2, 0) is 16.1 Å². The second kappa shape index (κ2) is 6.28. The number of aryl methyl sites for hydroxylation is 1. The lowest BCUT2D eigenvalue weighted by Gasteiger charge is -2.15. The van der Waals surface area contributed by atoms with Crippen LogP contribution in [-0.4, -0.2) is 45.6 Å². The fourth-order valence-corrected chi connectivity index (χ4v) is 2.87. The van der Waals surface area contributed by atoms with Crippen LogP contribution >= 0.6 is 0 Å². The summed E-state index contributed by atoms with van der Waals surface area (Å²) < 4.78 is 1.83. The smallest absolute Gasteiger partial charge is 0.223 e. The van der Waals surface area contributed by atoms with Crippen LogP contribution in [0.2, 0.25) is 0 Å². The number of likely N-dealkylation sites (tertiary alicyclic amines) is 1. The molecule has 1 saturated heterocycles. The Kier molecular flexibility index (Phi) is 4.22. The van der Waals surface area contributed by atoms with Crippen molar-refractivity contribution < 1.29 is 9.59 Å². The topological polar surface area (TPSA) is 67.2 Å². The highest BCUT2D eigenvalue weighted by atomic mass is 16.2. The number of carbonyl (C=O) groups is 2. The van der Waals surface area contributed by atoms with E-state index in [9.17, 15) is 9.59 Å². The molecule has 1 aromatic rings. The van der Waals surface area contributed by atoms with E-state index >= 15 is 0 Å². The first kappa shape index (κ1) is 14.1. The minimum Gasteiger partial charge on any atom is -0.356 e. The predicted octanol–water partition coefficient (Wildman–Crippen LogP) is 0.790. The summed E-state index contributed by atoms with van der Waals surface area (Å²) in [6.07, 6.45) is 7.82. The number of nitrogens with one attached hydrogen (secondary N) is 1. The van der Waals surface area contributed by atoms with E-state index in [0.29, 0.717) is 25.4 Å². The molecular weight excluding hydrogens is 268 g/mol. The maximum atomic E-state index is 11.8. The molecule has 0 spiro atoms. The zero-order valence-corrected chi connectivity index (χ0v) is 12.2. The van der Waals surface area contributed by atoms with Gasteiger partial charge in [0.15, 0.2) is 0 Å². The van der Waals surface area contributed by atoms with E-state index in [-0.39, 0.29) is 17.7 Å². The van der Waals surface area contributed by atoms with Crippen molar-refractivity contribution in [1.82, 2.24) is 20.0 Å². The average Bonchev–Trinajstić information content (AvgIpc) is 3.04. The molecule has 1 N–H and O–H groups in total. The third-order valence-corrected chi connectivity index (χ3v) is 4.16. The molecule has 1 atom stereocenters. The Hall–Kier alpha value is -1.85. The van der Waals surface area contributed by atoms with Gasteiger partial charge in [-0.15, -0.1) is 0 Å². The summed E-state index contributed by atoms with van der Waals surface area (Å²) in [4.78, 5) is 25.6. The number of hydrogen-bond acceptors (Lipinski definition) is 3. The summed E-state index contributed by atoms with van der Waals surface area (Å²) in [7, 11) is 0. The molecule has 1 aliphatic carbocycles. The molecule has 1 aromatic heterocycles. The van der Waals surface area contributed by atoms with Gasteiger partial charge in [-0.25, -0.2) is 0 Å². The maximum Gasteiger partial charge on any atom is 0.223 e. The first-order chi connectivity index (χ1) is 10.2. The fourth-order valence-electron chi connectivity index (χ4n) is 2.87. The Balaban J connectivity index is 1.31. The standard InChI is InChI=1S/C15H22N4O2/c20-14(3-1-7-18-8-2-6-17-18)16-10-12-9-15(21)19(11-12)13-4-5-13/h2,6,8,12-13H,1,3-5,7,9-11H2,(H,16,20). The molecule has 21 heavy (non-hydrogen) atoms. The Morgan fingerprint density at radius 1 is 1.43 bits per heavy atom. The normalized spacial score (nSPS) is 21.8. The molecule has 0 bridgehead atoms. The lowest BCUT2D eigenvalue weighted by atomic mass is 10.1. The quantitative estimate of drug-likeness (QED) is 0.807. The Morgan fingerprint density at radius 3 is 3.00 bits per heavy atom. The van der Waals surface area contributed by atoms with Gasteiger partial charge >= 0.3 is 0 Å². The van der Waals surface area contributed by atoms with Gasteiger partial charge in [0.25, 0.3) is 0 Å². The molecule has 1 saturated carbocycles. The van der Waals surface area contributed by atoms with Crippen molar-refractivity contribution in [3.63, 3.8) is 0 Å². The van der Waals surface area contributed by atoms with Gasteiger partial charge in [0.05, 0.1) is 0 Å².